The predicted octanol–water partition coefficient (Wildman–Crippen LogP) is 4.70. The molecule has 4 saturated carbocycles. The van der Waals surface area contributed by atoms with Crippen LogP contribution in [0.4, 0.5) is 0 Å². The highest BCUT2D eigenvalue weighted by Gasteiger charge is 3.05. The fourth-order valence-corrected chi connectivity index (χ4v) is 12.4. The van der Waals surface area contributed by atoms with Crippen molar-refractivity contribution in [3.8, 4) is 0 Å². The number of hydrogen-bond donors (Lipinski definition) is 0. The summed E-state index contributed by atoms with van der Waals surface area (Å²) >= 11 is 0. The monoisotopic (exact) mass is 738 g/mol. The van der Waals surface area contributed by atoms with Crippen LogP contribution >= 0.6 is 0 Å². The molecular weight excluding hydrogens is 692 g/mol. The van der Waals surface area contributed by atoms with Crippen molar-refractivity contribution in [3.63, 3.8) is 0 Å². The summed E-state index contributed by atoms with van der Waals surface area (Å²) in [6.45, 7) is 13.5. The van der Waals surface area contributed by atoms with E-state index in [1.165, 1.54) is 32.6 Å². The summed E-state index contributed by atoms with van der Waals surface area (Å²) in [6, 6.07) is 1.71. The van der Waals surface area contributed by atoms with E-state index in [9.17, 15) is 24.0 Å². The number of methoxy groups -OCH3 is 1. The fraction of sp³-hybridized carbons (Fsp3) is 0.667. The molecular formula is C39H46O14. The molecule has 0 aromatic carbocycles. The maximum Gasteiger partial charge on any atom is 0.333 e. The molecule has 53 heavy (non-hydrogen) atoms. The van der Waals surface area contributed by atoms with E-state index in [1.54, 1.807) is 39.8 Å². The Kier molecular flexibility index (Phi) is 7.34. The summed E-state index contributed by atoms with van der Waals surface area (Å²) in [7, 11) is 1.30. The van der Waals surface area contributed by atoms with Crippen LogP contribution in [0.3, 0.4) is 0 Å². The van der Waals surface area contributed by atoms with Gasteiger partial charge in [0.2, 0.25) is 5.60 Å². The molecule has 8 rings (SSSR count). The number of ether oxygens (including phenoxy) is 8. The van der Waals surface area contributed by atoms with Crippen LogP contribution in [0.15, 0.2) is 46.3 Å². The summed E-state index contributed by atoms with van der Waals surface area (Å²) in [5.41, 5.74) is -9.44. The van der Waals surface area contributed by atoms with Crippen LogP contribution in [0.2, 0.25) is 0 Å². The first-order valence-electron chi connectivity index (χ1n) is 18.2. The summed E-state index contributed by atoms with van der Waals surface area (Å²) in [5.74, 6) is -5.95. The minimum atomic E-state index is -2.10. The third-order valence-corrected chi connectivity index (χ3v) is 14.2. The Bertz CT molecular complexity index is 1900. The Hall–Kier alpha value is -4.01. The van der Waals surface area contributed by atoms with Crippen LogP contribution in [0, 0.1) is 22.2 Å². The van der Waals surface area contributed by atoms with Crippen LogP contribution in [-0.4, -0.2) is 77.5 Å². The van der Waals surface area contributed by atoms with Crippen molar-refractivity contribution in [2.75, 3.05) is 7.11 Å². The Morgan fingerprint density at radius 1 is 0.962 bits per heavy atom. The van der Waals surface area contributed by atoms with Gasteiger partial charge in [0.05, 0.1) is 19.6 Å². The topological polar surface area (TPSA) is 172 Å². The van der Waals surface area contributed by atoms with Gasteiger partial charge in [-0.15, -0.1) is 0 Å². The van der Waals surface area contributed by atoms with Gasteiger partial charge in [0.25, 0.3) is 5.97 Å². The van der Waals surface area contributed by atoms with Gasteiger partial charge in [-0.1, -0.05) is 33.8 Å². The maximum absolute atomic E-state index is 14.0. The summed E-state index contributed by atoms with van der Waals surface area (Å²) < 4.78 is 58.1. The zero-order valence-electron chi connectivity index (χ0n) is 31.4. The Labute approximate surface area is 306 Å². The predicted molar refractivity (Wildman–Crippen MR) is 178 cm³/mol. The molecule has 1 aromatic rings. The Balaban J connectivity index is 1.52. The molecule has 4 bridgehead atoms. The number of rotatable bonds is 8. The van der Waals surface area contributed by atoms with Crippen LogP contribution in [-0.2, 0) is 61.9 Å². The van der Waals surface area contributed by atoms with Gasteiger partial charge in [-0.05, 0) is 50.7 Å². The van der Waals surface area contributed by atoms with E-state index in [2.05, 4.69) is 0 Å². The van der Waals surface area contributed by atoms with Gasteiger partial charge in [0.1, 0.15) is 17.3 Å². The second-order valence-corrected chi connectivity index (χ2v) is 16.5. The lowest BCUT2D eigenvalue weighted by atomic mass is 9.34. The highest BCUT2D eigenvalue weighted by atomic mass is 16.9. The number of cyclic esters (lactones) is 1. The molecule has 3 aliphatic heterocycles. The number of carbonyl (C=O) groups excluding carboxylic acids is 5. The van der Waals surface area contributed by atoms with E-state index >= 15 is 0 Å². The van der Waals surface area contributed by atoms with Crippen LogP contribution in [0.1, 0.15) is 99.2 Å². The zero-order valence-corrected chi connectivity index (χ0v) is 31.4. The van der Waals surface area contributed by atoms with Crippen LogP contribution in [0.5, 0.6) is 0 Å². The molecule has 1 aromatic heterocycles. The van der Waals surface area contributed by atoms with Crippen molar-refractivity contribution >= 4 is 29.8 Å². The minimum absolute atomic E-state index is 0.0840. The molecule has 4 heterocycles. The number of carbonyl (C=O) groups is 5. The summed E-state index contributed by atoms with van der Waals surface area (Å²) in [4.78, 5) is 69.0. The fourth-order valence-electron chi connectivity index (χ4n) is 12.4. The number of furan rings is 1. The summed E-state index contributed by atoms with van der Waals surface area (Å²) in [5, 5.41) is 0. The third-order valence-electron chi connectivity index (χ3n) is 14.2. The first-order chi connectivity index (χ1) is 24.8. The van der Waals surface area contributed by atoms with Crippen molar-refractivity contribution in [3.05, 3.63) is 47.5 Å². The molecule has 4 aliphatic carbocycles. The number of allylic oxidation sites excluding steroid dienone is 1. The smallest absolute Gasteiger partial charge is 0.333 e. The number of hydrogen-bond acceptors (Lipinski definition) is 14. The van der Waals surface area contributed by atoms with Crippen molar-refractivity contribution in [2.24, 2.45) is 22.2 Å². The van der Waals surface area contributed by atoms with Crippen molar-refractivity contribution in [1.29, 1.82) is 0 Å². The first-order valence-corrected chi connectivity index (χ1v) is 18.2. The lowest BCUT2D eigenvalue weighted by Gasteiger charge is -2.76. The molecule has 0 amide bonds. The third kappa shape index (κ3) is 3.82. The van der Waals surface area contributed by atoms with Gasteiger partial charge < -0.3 is 42.3 Å². The summed E-state index contributed by atoms with van der Waals surface area (Å²) in [6.07, 6.45) is 2.56. The van der Waals surface area contributed by atoms with Crippen molar-refractivity contribution in [1.82, 2.24) is 0 Å². The van der Waals surface area contributed by atoms with Crippen molar-refractivity contribution in [2.45, 2.75) is 134 Å². The zero-order chi connectivity index (χ0) is 38.4. The Morgan fingerprint density at radius 2 is 1.68 bits per heavy atom. The molecule has 0 radical (unpaired) electrons. The molecule has 286 valence electrons. The molecule has 0 N–H and O–H groups in total. The van der Waals surface area contributed by atoms with E-state index in [4.69, 9.17) is 42.3 Å². The van der Waals surface area contributed by atoms with E-state index in [-0.39, 0.29) is 31.3 Å². The first kappa shape index (κ1) is 36.0. The van der Waals surface area contributed by atoms with E-state index in [0.717, 1.165) is 0 Å². The van der Waals surface area contributed by atoms with E-state index in [0.29, 0.717) is 17.6 Å². The highest BCUT2D eigenvalue weighted by Crippen LogP contribution is 2.90. The van der Waals surface area contributed by atoms with Gasteiger partial charge in [-0.3, -0.25) is 14.4 Å². The maximum atomic E-state index is 14.0. The minimum Gasteiger partial charge on any atom is -0.472 e. The molecule has 7 aliphatic rings. The van der Waals surface area contributed by atoms with Crippen LogP contribution in [0.25, 0.3) is 0 Å². The highest BCUT2D eigenvalue weighted by molar-refractivity contribution is 5.88. The van der Waals surface area contributed by atoms with Gasteiger partial charge in [0, 0.05) is 60.1 Å². The molecule has 2 spiro atoms. The second kappa shape index (κ2) is 10.8. The quantitative estimate of drug-likeness (QED) is 0.204. The molecule has 14 heteroatoms. The van der Waals surface area contributed by atoms with Gasteiger partial charge in [-0.25, -0.2) is 9.59 Å². The largest absolute Gasteiger partial charge is 0.472 e. The second-order valence-electron chi connectivity index (χ2n) is 16.5. The normalized spacial score (nSPS) is 46.8. The lowest BCUT2D eigenvalue weighted by molar-refractivity contribution is -0.474. The molecule has 2 saturated heterocycles. The van der Waals surface area contributed by atoms with Gasteiger partial charge in [-0.2, -0.15) is 0 Å². The van der Waals surface area contributed by atoms with Gasteiger partial charge >= 0.3 is 29.8 Å². The standard InChI is InChI=1S/C39H46O14/c1-10-20(3)29(44)49-30-33(6)19-37-34(7,23(33)16-26(42)45-9)36-14-13-32(5)24(17-27(43)47-28(32)22-12-15-46-18-22)38(36,53-35(8,51-36)52-37)31(48-25(41)11-2)39(30,37)50-21(4)40/h10,12,15,17-18,23,28,30-31H,11,13-14,16,19H2,1-9H3/t23-,28-,30-,31-,32+,33-,34-,35-,36+,37-,38-,39+/m0/s1. The number of fused-ring (bicyclic) bond motifs is 3. The lowest BCUT2D eigenvalue weighted by Crippen LogP contribution is -2.93. The molecule has 0 unspecified atom stereocenters. The molecule has 14 nitrogen and oxygen atoms in total. The van der Waals surface area contributed by atoms with E-state index in [1.807, 2.05) is 20.8 Å². The van der Waals surface area contributed by atoms with E-state index < -0.39 is 98.7 Å². The molecule has 12 atom stereocenters. The SMILES string of the molecule is CC=C(C)C(=O)O[C@H]1[C@@]2(C)C[C@@]34O[C@]5(C)O[C@]6(CC[C@]7(C)C(=CC(=O)O[C@H]7c7ccoc7)[C@]6(O5)[C@H](OC(=O)CC)[C@]13OC(C)=O)[C@]4(C)[C@H]2CC(=O)OC. The van der Waals surface area contributed by atoms with Gasteiger partial charge in [0.15, 0.2) is 17.8 Å². The van der Waals surface area contributed by atoms with Crippen LogP contribution < -0.4 is 0 Å². The average molecular weight is 739 g/mol. The van der Waals surface area contributed by atoms with Crippen molar-refractivity contribution < 1.29 is 66.3 Å². The average Bonchev–Trinajstić information content (AvgIpc) is 3.80. The number of esters is 5. The molecule has 6 fully saturated rings. The Morgan fingerprint density at radius 3 is 2.30 bits per heavy atom.